The number of nitrogens with one attached hydrogen (secondary N) is 1. The maximum absolute atomic E-state index is 10.6. The summed E-state index contributed by atoms with van der Waals surface area (Å²) in [4.78, 5) is -0.608. The van der Waals surface area contributed by atoms with Crippen molar-refractivity contribution in [2.75, 3.05) is 0 Å². The molecule has 2 atom stereocenters. The topological polar surface area (TPSA) is 58.3 Å². The molecule has 0 saturated heterocycles. The second-order valence-electron chi connectivity index (χ2n) is 4.73. The Labute approximate surface area is 111 Å². The highest BCUT2D eigenvalue weighted by Gasteiger charge is 2.58. The van der Waals surface area contributed by atoms with Crippen LogP contribution < -0.4 is 11.3 Å². The number of halogens is 2. The Morgan fingerprint density at radius 1 is 1.47 bits per heavy atom. The summed E-state index contributed by atoms with van der Waals surface area (Å²) in [5, 5.41) is 11.2. The summed E-state index contributed by atoms with van der Waals surface area (Å²) in [6, 6.07) is 6.81. The van der Waals surface area contributed by atoms with Crippen molar-refractivity contribution in [3.63, 3.8) is 0 Å². The summed E-state index contributed by atoms with van der Waals surface area (Å²) in [6.45, 7) is 1.70. The first-order valence-corrected chi connectivity index (χ1v) is 6.30. The molecule has 1 aromatic carbocycles. The number of aliphatic hydroxyl groups is 1. The van der Waals surface area contributed by atoms with Gasteiger partial charge in [0, 0.05) is 5.02 Å². The van der Waals surface area contributed by atoms with Crippen LogP contribution in [0.3, 0.4) is 0 Å². The number of hydrazine groups is 1. The fraction of sp³-hybridized carbons (Fsp3) is 0.500. The Morgan fingerprint density at radius 3 is 2.53 bits per heavy atom. The Hall–Kier alpha value is -0.320. The summed E-state index contributed by atoms with van der Waals surface area (Å²) in [6.07, 6.45) is 1.56. The van der Waals surface area contributed by atoms with Gasteiger partial charge in [0.15, 0.2) is 0 Å². The van der Waals surface area contributed by atoms with Crippen LogP contribution in [-0.4, -0.2) is 15.6 Å². The molecule has 2 unspecified atom stereocenters. The molecule has 4 N–H and O–H groups in total. The maximum atomic E-state index is 10.6. The molecule has 2 rings (SSSR count). The molecular weight excluding hydrogens is 259 g/mol. The average Bonchev–Trinajstić information content (AvgIpc) is 3.02. The van der Waals surface area contributed by atoms with Crippen LogP contribution in [0.4, 0.5) is 0 Å². The highest BCUT2D eigenvalue weighted by Crippen LogP contribution is 2.55. The molecule has 0 aliphatic heterocycles. The van der Waals surface area contributed by atoms with E-state index in [0.717, 1.165) is 18.4 Å². The fourth-order valence-electron chi connectivity index (χ4n) is 2.14. The molecule has 1 aromatic rings. The lowest BCUT2D eigenvalue weighted by atomic mass is 9.86. The minimum Gasteiger partial charge on any atom is -0.386 e. The lowest BCUT2D eigenvalue weighted by Crippen LogP contribution is -2.51. The van der Waals surface area contributed by atoms with Gasteiger partial charge in [0.1, 0.15) is 5.60 Å². The van der Waals surface area contributed by atoms with Crippen molar-refractivity contribution in [1.82, 2.24) is 5.43 Å². The zero-order valence-electron chi connectivity index (χ0n) is 9.58. The van der Waals surface area contributed by atoms with Crippen LogP contribution >= 0.6 is 23.2 Å². The summed E-state index contributed by atoms with van der Waals surface area (Å²) in [7, 11) is 0. The van der Waals surface area contributed by atoms with Crippen molar-refractivity contribution < 1.29 is 5.11 Å². The van der Waals surface area contributed by atoms with E-state index in [1.165, 1.54) is 0 Å². The summed E-state index contributed by atoms with van der Waals surface area (Å²) < 4.78 is 0. The van der Waals surface area contributed by atoms with Crippen molar-refractivity contribution >= 4 is 23.2 Å². The second kappa shape index (κ2) is 4.41. The van der Waals surface area contributed by atoms with Gasteiger partial charge in [-0.3, -0.25) is 5.84 Å². The van der Waals surface area contributed by atoms with Crippen LogP contribution in [0.1, 0.15) is 31.4 Å². The molecule has 0 spiro atoms. The molecule has 1 aliphatic rings. The minimum atomic E-state index is -1.14. The van der Waals surface area contributed by atoms with E-state index in [9.17, 15) is 5.11 Å². The number of benzene rings is 1. The van der Waals surface area contributed by atoms with Crippen LogP contribution in [0.2, 0.25) is 5.02 Å². The predicted molar refractivity (Wildman–Crippen MR) is 70.0 cm³/mol. The number of nitrogens with two attached hydrogens (primary N) is 1. The smallest absolute Gasteiger partial charge is 0.102 e. The zero-order valence-corrected chi connectivity index (χ0v) is 11.1. The molecule has 1 aliphatic carbocycles. The first-order valence-electron chi connectivity index (χ1n) is 5.54. The van der Waals surface area contributed by atoms with Crippen LogP contribution in [-0.2, 0) is 0 Å². The highest BCUT2D eigenvalue weighted by molar-refractivity contribution is 6.31. The van der Waals surface area contributed by atoms with E-state index in [2.05, 4.69) is 5.43 Å². The Kier molecular flexibility index (Phi) is 3.40. The van der Waals surface area contributed by atoms with E-state index in [1.807, 2.05) is 18.2 Å². The van der Waals surface area contributed by atoms with Gasteiger partial charge >= 0.3 is 0 Å². The Bertz CT molecular complexity index is 419. The molecule has 1 fully saturated rings. The molecule has 0 heterocycles. The molecule has 3 nitrogen and oxygen atoms in total. The summed E-state index contributed by atoms with van der Waals surface area (Å²) >= 11 is 12.4. The van der Waals surface area contributed by atoms with E-state index < -0.39 is 16.5 Å². The zero-order chi connectivity index (χ0) is 12.7. The van der Waals surface area contributed by atoms with E-state index in [4.69, 9.17) is 29.0 Å². The van der Waals surface area contributed by atoms with E-state index >= 15 is 0 Å². The van der Waals surface area contributed by atoms with Gasteiger partial charge in [-0.25, -0.2) is 5.43 Å². The van der Waals surface area contributed by atoms with Crippen molar-refractivity contribution in [3.8, 4) is 0 Å². The first-order chi connectivity index (χ1) is 7.92. The second-order valence-corrected chi connectivity index (χ2v) is 5.86. The van der Waals surface area contributed by atoms with Crippen LogP contribution in [0, 0.1) is 0 Å². The summed E-state index contributed by atoms with van der Waals surface area (Å²) in [5.41, 5.74) is 2.24. The van der Waals surface area contributed by atoms with E-state index in [1.54, 1.807) is 13.0 Å². The molecule has 0 amide bonds. The summed E-state index contributed by atoms with van der Waals surface area (Å²) in [5.74, 6) is 5.56. The quantitative estimate of drug-likeness (QED) is 0.449. The van der Waals surface area contributed by atoms with Crippen molar-refractivity contribution in [1.29, 1.82) is 0 Å². The maximum Gasteiger partial charge on any atom is 0.102 e. The molecule has 0 aromatic heterocycles. The predicted octanol–water partition coefficient (Wildman–Crippen LogP) is 2.37. The van der Waals surface area contributed by atoms with Gasteiger partial charge < -0.3 is 5.11 Å². The van der Waals surface area contributed by atoms with Gasteiger partial charge in [-0.05, 0) is 31.4 Å². The van der Waals surface area contributed by atoms with Crippen LogP contribution in [0.15, 0.2) is 24.3 Å². The van der Waals surface area contributed by atoms with Crippen molar-refractivity contribution in [2.24, 2.45) is 5.84 Å². The standard InChI is InChI=1S/C12H16Cl2N2O/c1-11(17,12(14)6-7-12)10(16-15)8-4-2-3-5-9(8)13/h2-5,10,16-17H,6-7,15H2,1H3. The van der Waals surface area contributed by atoms with E-state index in [-0.39, 0.29) is 0 Å². The van der Waals surface area contributed by atoms with Gasteiger partial charge in [0.05, 0.1) is 10.9 Å². The van der Waals surface area contributed by atoms with Crippen molar-refractivity contribution in [2.45, 2.75) is 36.3 Å². The van der Waals surface area contributed by atoms with Crippen molar-refractivity contribution in [3.05, 3.63) is 34.9 Å². The van der Waals surface area contributed by atoms with Gasteiger partial charge in [-0.2, -0.15) is 0 Å². The average molecular weight is 275 g/mol. The third kappa shape index (κ3) is 2.18. The third-order valence-electron chi connectivity index (χ3n) is 3.54. The number of rotatable bonds is 4. The van der Waals surface area contributed by atoms with Gasteiger partial charge in [0.2, 0.25) is 0 Å². The Balaban J connectivity index is 2.37. The number of hydrogen-bond acceptors (Lipinski definition) is 3. The molecule has 17 heavy (non-hydrogen) atoms. The largest absolute Gasteiger partial charge is 0.386 e. The van der Waals surface area contributed by atoms with Crippen LogP contribution in [0.5, 0.6) is 0 Å². The third-order valence-corrected chi connectivity index (χ3v) is 4.65. The SMILES string of the molecule is CC(O)(C(NN)c1ccccc1Cl)C1(Cl)CC1. The lowest BCUT2D eigenvalue weighted by Gasteiger charge is -2.37. The first kappa shape index (κ1) is 13.1. The molecule has 5 heteroatoms. The molecule has 1 saturated carbocycles. The number of alkyl halides is 1. The normalized spacial score (nSPS) is 22.9. The molecular formula is C12H16Cl2N2O. The number of hydrogen-bond donors (Lipinski definition) is 3. The highest BCUT2D eigenvalue weighted by atomic mass is 35.5. The van der Waals surface area contributed by atoms with Crippen LogP contribution in [0.25, 0.3) is 0 Å². The Morgan fingerprint density at radius 2 is 2.06 bits per heavy atom. The fourth-order valence-corrected chi connectivity index (χ4v) is 2.59. The molecule has 94 valence electrons. The minimum absolute atomic E-state index is 0.490. The van der Waals surface area contributed by atoms with Gasteiger partial charge in [-0.1, -0.05) is 29.8 Å². The molecule has 0 radical (unpaired) electrons. The molecule has 0 bridgehead atoms. The van der Waals surface area contributed by atoms with Gasteiger partial charge in [0.25, 0.3) is 0 Å². The monoisotopic (exact) mass is 274 g/mol. The lowest BCUT2D eigenvalue weighted by molar-refractivity contribution is 0.00683. The van der Waals surface area contributed by atoms with E-state index in [0.29, 0.717) is 5.02 Å². The van der Waals surface area contributed by atoms with Gasteiger partial charge in [-0.15, -0.1) is 11.6 Å².